The van der Waals surface area contributed by atoms with Gasteiger partial charge in [0.05, 0.1) is 12.9 Å². The summed E-state index contributed by atoms with van der Waals surface area (Å²) in [6, 6.07) is 15.6. The zero-order valence-electron chi connectivity index (χ0n) is 16.5. The number of aliphatic hydroxyl groups excluding tert-OH is 1. The maximum atomic E-state index is 13.5. The Kier molecular flexibility index (Phi) is 5.33. The summed E-state index contributed by atoms with van der Waals surface area (Å²) in [7, 11) is 1.66. The number of benzene rings is 2. The van der Waals surface area contributed by atoms with Crippen molar-refractivity contribution in [2.75, 3.05) is 7.11 Å². The third-order valence-electron chi connectivity index (χ3n) is 5.79. The Morgan fingerprint density at radius 3 is 2.52 bits per heavy atom. The number of ketones is 1. The molecule has 0 saturated carbocycles. The molecule has 0 heterocycles. The lowest BCUT2D eigenvalue weighted by Crippen LogP contribution is -2.19. The molecule has 0 saturated heterocycles. The Bertz CT molecular complexity index is 1040. The normalized spacial score (nSPS) is 21.2. The van der Waals surface area contributed by atoms with Crippen molar-refractivity contribution < 1.29 is 14.6 Å². The number of para-hydroxylation sites is 1. The summed E-state index contributed by atoms with van der Waals surface area (Å²) in [6.45, 7) is 1.91. The second-order valence-electron chi connectivity index (χ2n) is 7.65. The highest BCUT2D eigenvalue weighted by atomic mass is 35.5. The summed E-state index contributed by atoms with van der Waals surface area (Å²) < 4.78 is 5.59. The molecular formula is C25H23ClO3. The fourth-order valence-corrected chi connectivity index (χ4v) is 4.47. The molecule has 4 heteroatoms. The van der Waals surface area contributed by atoms with Crippen LogP contribution in [0.4, 0.5) is 0 Å². The first kappa shape index (κ1) is 19.5. The Balaban J connectivity index is 1.77. The van der Waals surface area contributed by atoms with Gasteiger partial charge in [0.25, 0.3) is 0 Å². The van der Waals surface area contributed by atoms with Crippen LogP contribution in [0.25, 0.3) is 5.57 Å². The van der Waals surface area contributed by atoms with E-state index in [1.165, 1.54) is 0 Å². The fourth-order valence-electron chi connectivity index (χ4n) is 4.35. The summed E-state index contributed by atoms with van der Waals surface area (Å²) in [6.07, 6.45) is 4.87. The van der Waals surface area contributed by atoms with E-state index in [0.29, 0.717) is 17.0 Å². The topological polar surface area (TPSA) is 46.5 Å². The zero-order chi connectivity index (χ0) is 20.5. The van der Waals surface area contributed by atoms with Gasteiger partial charge in [-0.05, 0) is 54.3 Å². The van der Waals surface area contributed by atoms with Crippen molar-refractivity contribution in [2.45, 2.75) is 25.7 Å². The SMILES string of the molecule is COc1ccccc1C1CC(c2ccc(Cl)cc2)=CC1C(=O)C1=C(C)CC(O)=C1. The Morgan fingerprint density at radius 1 is 1.14 bits per heavy atom. The molecular weight excluding hydrogens is 384 g/mol. The third kappa shape index (κ3) is 3.75. The van der Waals surface area contributed by atoms with Gasteiger partial charge in [0.2, 0.25) is 0 Å². The molecule has 2 atom stereocenters. The van der Waals surface area contributed by atoms with E-state index in [1.54, 1.807) is 13.2 Å². The first-order valence-corrected chi connectivity index (χ1v) is 10.1. The Hall–Kier alpha value is -2.78. The minimum atomic E-state index is -0.316. The average Bonchev–Trinajstić information content (AvgIpc) is 3.31. The lowest BCUT2D eigenvalue weighted by molar-refractivity contribution is -0.118. The minimum absolute atomic E-state index is 0.0271. The van der Waals surface area contributed by atoms with Gasteiger partial charge in [-0.2, -0.15) is 0 Å². The van der Waals surface area contributed by atoms with E-state index in [4.69, 9.17) is 16.3 Å². The van der Waals surface area contributed by atoms with Crippen molar-refractivity contribution in [3.8, 4) is 5.75 Å². The summed E-state index contributed by atoms with van der Waals surface area (Å²) >= 11 is 6.05. The van der Waals surface area contributed by atoms with Crippen LogP contribution in [0.15, 0.2) is 77.6 Å². The van der Waals surface area contributed by atoms with Gasteiger partial charge in [-0.1, -0.05) is 53.6 Å². The van der Waals surface area contributed by atoms with Crippen LogP contribution >= 0.6 is 11.6 Å². The van der Waals surface area contributed by atoms with Crippen LogP contribution in [0.1, 0.15) is 36.8 Å². The standard InChI is InChI=1S/C25H23ClO3/c1-15-11-19(27)14-21(15)25(28)23-13-17(16-7-9-18(26)10-8-16)12-22(23)20-5-3-4-6-24(20)29-2/h3-10,13-14,22-23,27H,11-12H2,1-2H3. The van der Waals surface area contributed by atoms with Crippen LogP contribution in [-0.2, 0) is 4.79 Å². The molecule has 3 nitrogen and oxygen atoms in total. The number of rotatable bonds is 5. The van der Waals surface area contributed by atoms with E-state index >= 15 is 0 Å². The van der Waals surface area contributed by atoms with Gasteiger partial charge in [-0.3, -0.25) is 4.79 Å². The lowest BCUT2D eigenvalue weighted by atomic mass is 9.82. The monoisotopic (exact) mass is 406 g/mol. The lowest BCUT2D eigenvalue weighted by Gasteiger charge is -2.21. The van der Waals surface area contributed by atoms with Crippen LogP contribution in [0.3, 0.4) is 0 Å². The molecule has 0 amide bonds. The predicted molar refractivity (Wildman–Crippen MR) is 116 cm³/mol. The molecule has 0 aromatic heterocycles. The second kappa shape index (κ2) is 7.92. The number of ether oxygens (including phenoxy) is 1. The maximum absolute atomic E-state index is 13.5. The second-order valence-corrected chi connectivity index (χ2v) is 8.08. The molecule has 0 radical (unpaired) electrons. The van der Waals surface area contributed by atoms with E-state index in [9.17, 15) is 9.90 Å². The molecule has 2 aliphatic rings. The average molecular weight is 407 g/mol. The molecule has 0 bridgehead atoms. The van der Waals surface area contributed by atoms with Crippen LogP contribution in [0, 0.1) is 5.92 Å². The molecule has 0 fully saturated rings. The molecule has 0 spiro atoms. The van der Waals surface area contributed by atoms with E-state index in [0.717, 1.165) is 34.4 Å². The molecule has 2 aromatic carbocycles. The highest BCUT2D eigenvalue weighted by Crippen LogP contribution is 2.47. The van der Waals surface area contributed by atoms with Gasteiger partial charge >= 0.3 is 0 Å². The highest BCUT2D eigenvalue weighted by Gasteiger charge is 2.37. The predicted octanol–water partition coefficient (Wildman–Crippen LogP) is 6.27. The van der Waals surface area contributed by atoms with Crippen molar-refractivity contribution in [2.24, 2.45) is 5.92 Å². The van der Waals surface area contributed by atoms with E-state index in [2.05, 4.69) is 6.08 Å². The van der Waals surface area contributed by atoms with E-state index < -0.39 is 0 Å². The number of carbonyl (C=O) groups excluding carboxylic acids is 1. The van der Waals surface area contributed by atoms with Crippen molar-refractivity contribution in [1.29, 1.82) is 0 Å². The molecule has 2 aromatic rings. The molecule has 0 aliphatic heterocycles. The third-order valence-corrected chi connectivity index (χ3v) is 6.04. The van der Waals surface area contributed by atoms with E-state index in [-0.39, 0.29) is 23.4 Å². The molecule has 2 unspecified atom stereocenters. The summed E-state index contributed by atoms with van der Waals surface area (Å²) in [5.41, 5.74) is 4.76. The summed E-state index contributed by atoms with van der Waals surface area (Å²) in [5, 5.41) is 10.6. The van der Waals surface area contributed by atoms with Gasteiger partial charge < -0.3 is 9.84 Å². The number of carbonyl (C=O) groups is 1. The number of methoxy groups -OCH3 is 1. The van der Waals surface area contributed by atoms with Crippen molar-refractivity contribution in [3.05, 3.63) is 93.7 Å². The van der Waals surface area contributed by atoms with Gasteiger partial charge in [0.15, 0.2) is 5.78 Å². The molecule has 1 N–H and O–H groups in total. The van der Waals surface area contributed by atoms with Crippen LogP contribution in [0.5, 0.6) is 5.75 Å². The molecule has 4 rings (SSSR count). The zero-order valence-corrected chi connectivity index (χ0v) is 17.2. The maximum Gasteiger partial charge on any atom is 0.170 e. The molecule has 2 aliphatic carbocycles. The highest BCUT2D eigenvalue weighted by molar-refractivity contribution is 6.30. The first-order chi connectivity index (χ1) is 14.0. The van der Waals surface area contributed by atoms with Gasteiger partial charge in [0, 0.05) is 28.9 Å². The Morgan fingerprint density at radius 2 is 1.86 bits per heavy atom. The van der Waals surface area contributed by atoms with Gasteiger partial charge in [-0.15, -0.1) is 0 Å². The van der Waals surface area contributed by atoms with Crippen LogP contribution < -0.4 is 4.74 Å². The smallest absolute Gasteiger partial charge is 0.170 e. The first-order valence-electron chi connectivity index (χ1n) is 9.71. The van der Waals surface area contributed by atoms with Crippen molar-refractivity contribution >= 4 is 23.0 Å². The van der Waals surface area contributed by atoms with Gasteiger partial charge in [-0.25, -0.2) is 0 Å². The van der Waals surface area contributed by atoms with Crippen LogP contribution in [-0.4, -0.2) is 18.0 Å². The molecule has 29 heavy (non-hydrogen) atoms. The number of hydrogen-bond donors (Lipinski definition) is 1. The van der Waals surface area contributed by atoms with Gasteiger partial charge in [0.1, 0.15) is 5.75 Å². The molecule has 148 valence electrons. The largest absolute Gasteiger partial charge is 0.512 e. The van der Waals surface area contributed by atoms with Crippen LogP contribution in [0.2, 0.25) is 5.02 Å². The fraction of sp³-hybridized carbons (Fsp3) is 0.240. The summed E-state index contributed by atoms with van der Waals surface area (Å²) in [5.74, 6) is 0.743. The minimum Gasteiger partial charge on any atom is -0.512 e. The quantitative estimate of drug-likeness (QED) is 0.636. The van der Waals surface area contributed by atoms with E-state index in [1.807, 2.05) is 55.5 Å². The van der Waals surface area contributed by atoms with Crippen molar-refractivity contribution in [3.63, 3.8) is 0 Å². The number of hydrogen-bond acceptors (Lipinski definition) is 3. The number of halogens is 1. The number of Topliss-reactive ketones (excluding diaryl/α,β-unsaturated/α-hetero) is 1. The summed E-state index contributed by atoms with van der Waals surface area (Å²) in [4.78, 5) is 13.5. The van der Waals surface area contributed by atoms with Crippen molar-refractivity contribution in [1.82, 2.24) is 0 Å². The number of aliphatic hydroxyl groups is 1. The number of allylic oxidation sites excluding steroid dienone is 5. The Labute approximate surface area is 176 Å².